The van der Waals surface area contributed by atoms with E-state index in [1.54, 1.807) is 0 Å². The summed E-state index contributed by atoms with van der Waals surface area (Å²) in [7, 11) is 0. The van der Waals surface area contributed by atoms with E-state index in [2.05, 4.69) is 59.6 Å². The summed E-state index contributed by atoms with van der Waals surface area (Å²) in [4.78, 5) is 7.00. The van der Waals surface area contributed by atoms with Crippen molar-refractivity contribution in [3.63, 3.8) is 0 Å². The minimum absolute atomic E-state index is 0.439. The van der Waals surface area contributed by atoms with Crippen LogP contribution in [0.3, 0.4) is 0 Å². The van der Waals surface area contributed by atoms with Crippen LogP contribution in [0.15, 0.2) is 16.7 Å². The van der Waals surface area contributed by atoms with Crippen molar-refractivity contribution in [1.82, 2.24) is 4.98 Å². The van der Waals surface area contributed by atoms with Crippen LogP contribution in [0, 0.1) is 18.3 Å². The Kier molecular flexibility index (Phi) is 4.00. The maximum atomic E-state index is 4.57. The van der Waals surface area contributed by atoms with Crippen molar-refractivity contribution in [2.75, 3.05) is 18.0 Å². The second-order valence-electron chi connectivity index (χ2n) is 6.42. The minimum Gasteiger partial charge on any atom is -0.356 e. The van der Waals surface area contributed by atoms with E-state index in [-0.39, 0.29) is 0 Å². The van der Waals surface area contributed by atoms with Crippen molar-refractivity contribution < 1.29 is 0 Å². The Morgan fingerprint density at radius 2 is 1.89 bits per heavy atom. The van der Waals surface area contributed by atoms with E-state index < -0.39 is 0 Å². The lowest BCUT2D eigenvalue weighted by molar-refractivity contribution is 0.198. The fraction of sp³-hybridized carbons (Fsp3) is 0.667. The standard InChI is InChI=1S/C15H23BrN2/c1-11-9-13(16)10-17-14(11)18-7-5-12(6-8-18)15(2,3)4/h9-10,12H,5-8H2,1-4H3. The molecule has 0 bridgehead atoms. The lowest BCUT2D eigenvalue weighted by Gasteiger charge is -2.39. The molecule has 0 unspecified atom stereocenters. The molecule has 100 valence electrons. The van der Waals surface area contributed by atoms with Gasteiger partial charge in [-0.3, -0.25) is 0 Å². The zero-order valence-electron chi connectivity index (χ0n) is 11.8. The van der Waals surface area contributed by atoms with Gasteiger partial charge < -0.3 is 4.90 Å². The van der Waals surface area contributed by atoms with Crippen molar-refractivity contribution in [1.29, 1.82) is 0 Å². The van der Waals surface area contributed by atoms with Crippen LogP contribution in [0.2, 0.25) is 0 Å². The summed E-state index contributed by atoms with van der Waals surface area (Å²) in [6, 6.07) is 2.15. The number of piperidine rings is 1. The molecule has 2 rings (SSSR count). The van der Waals surface area contributed by atoms with Crippen LogP contribution in [0.5, 0.6) is 0 Å². The molecule has 0 saturated carbocycles. The Morgan fingerprint density at radius 1 is 1.28 bits per heavy atom. The number of aryl methyl sites for hydroxylation is 1. The van der Waals surface area contributed by atoms with Gasteiger partial charge in [-0.25, -0.2) is 4.98 Å². The Hall–Kier alpha value is -0.570. The molecule has 1 fully saturated rings. The van der Waals surface area contributed by atoms with Gasteiger partial charge in [0.2, 0.25) is 0 Å². The van der Waals surface area contributed by atoms with Gasteiger partial charge >= 0.3 is 0 Å². The molecule has 0 aliphatic carbocycles. The molecule has 1 aromatic rings. The molecule has 0 radical (unpaired) electrons. The van der Waals surface area contributed by atoms with Gasteiger partial charge in [-0.2, -0.15) is 0 Å². The Labute approximate surface area is 119 Å². The summed E-state index contributed by atoms with van der Waals surface area (Å²) >= 11 is 3.47. The molecule has 1 saturated heterocycles. The van der Waals surface area contributed by atoms with Crippen LogP contribution < -0.4 is 4.90 Å². The normalized spacial score (nSPS) is 18.2. The predicted octanol–water partition coefficient (Wildman–Crippen LogP) is 4.42. The fourth-order valence-corrected chi connectivity index (χ4v) is 3.27. The van der Waals surface area contributed by atoms with Gasteiger partial charge in [-0.1, -0.05) is 20.8 Å². The van der Waals surface area contributed by atoms with Gasteiger partial charge in [0.05, 0.1) is 0 Å². The second-order valence-corrected chi connectivity index (χ2v) is 7.34. The van der Waals surface area contributed by atoms with E-state index in [4.69, 9.17) is 0 Å². The number of nitrogens with zero attached hydrogens (tertiary/aromatic N) is 2. The Balaban J connectivity index is 2.06. The van der Waals surface area contributed by atoms with Crippen molar-refractivity contribution in [3.8, 4) is 0 Å². The van der Waals surface area contributed by atoms with Crippen molar-refractivity contribution in [2.24, 2.45) is 11.3 Å². The first kappa shape index (κ1) is 13.9. The second kappa shape index (κ2) is 5.20. The number of hydrogen-bond donors (Lipinski definition) is 0. The first-order valence-electron chi connectivity index (χ1n) is 6.75. The van der Waals surface area contributed by atoms with Gasteiger partial charge in [-0.05, 0) is 58.7 Å². The summed E-state index contributed by atoms with van der Waals surface area (Å²) < 4.78 is 1.06. The topological polar surface area (TPSA) is 16.1 Å². The SMILES string of the molecule is Cc1cc(Br)cnc1N1CCC(C(C)(C)C)CC1. The first-order valence-corrected chi connectivity index (χ1v) is 7.54. The number of anilines is 1. The molecule has 2 heterocycles. The van der Waals surface area contributed by atoms with E-state index in [1.807, 2.05) is 6.20 Å². The molecule has 1 aromatic heterocycles. The molecule has 1 aliphatic heterocycles. The summed E-state index contributed by atoms with van der Waals surface area (Å²) in [5.41, 5.74) is 1.70. The predicted molar refractivity (Wildman–Crippen MR) is 81.1 cm³/mol. The summed E-state index contributed by atoms with van der Waals surface area (Å²) in [6.45, 7) is 11.5. The van der Waals surface area contributed by atoms with Crippen LogP contribution >= 0.6 is 15.9 Å². The quantitative estimate of drug-likeness (QED) is 0.763. The van der Waals surface area contributed by atoms with Crippen molar-refractivity contribution >= 4 is 21.7 Å². The zero-order chi connectivity index (χ0) is 13.3. The highest BCUT2D eigenvalue weighted by atomic mass is 79.9. The summed E-state index contributed by atoms with van der Waals surface area (Å²) in [5, 5.41) is 0. The molecular weight excluding hydrogens is 288 g/mol. The maximum absolute atomic E-state index is 4.57. The van der Waals surface area contributed by atoms with E-state index >= 15 is 0 Å². The highest BCUT2D eigenvalue weighted by molar-refractivity contribution is 9.10. The molecule has 18 heavy (non-hydrogen) atoms. The summed E-state index contributed by atoms with van der Waals surface area (Å²) in [6.07, 6.45) is 4.46. The number of pyridine rings is 1. The molecule has 3 heteroatoms. The lowest BCUT2D eigenvalue weighted by atomic mass is 9.75. The van der Waals surface area contributed by atoms with Crippen LogP contribution in [-0.2, 0) is 0 Å². The van der Waals surface area contributed by atoms with Crippen LogP contribution in [0.4, 0.5) is 5.82 Å². The third-order valence-electron chi connectivity index (χ3n) is 4.04. The van der Waals surface area contributed by atoms with Crippen molar-refractivity contribution in [2.45, 2.75) is 40.5 Å². The average Bonchev–Trinajstić information content (AvgIpc) is 2.28. The Morgan fingerprint density at radius 3 is 2.39 bits per heavy atom. The highest BCUT2D eigenvalue weighted by Crippen LogP contribution is 2.35. The molecule has 0 atom stereocenters. The minimum atomic E-state index is 0.439. The zero-order valence-corrected chi connectivity index (χ0v) is 13.4. The van der Waals surface area contributed by atoms with E-state index in [9.17, 15) is 0 Å². The third kappa shape index (κ3) is 3.05. The average molecular weight is 311 g/mol. The largest absolute Gasteiger partial charge is 0.356 e. The van der Waals surface area contributed by atoms with E-state index in [0.717, 1.165) is 29.3 Å². The fourth-order valence-electron chi connectivity index (χ4n) is 2.82. The van der Waals surface area contributed by atoms with E-state index in [1.165, 1.54) is 18.4 Å². The number of hydrogen-bond acceptors (Lipinski definition) is 2. The molecule has 1 aliphatic rings. The molecular formula is C15H23BrN2. The van der Waals surface area contributed by atoms with Gasteiger partial charge in [-0.15, -0.1) is 0 Å². The Bertz CT molecular complexity index is 415. The van der Waals surface area contributed by atoms with E-state index in [0.29, 0.717) is 5.41 Å². The molecule has 0 N–H and O–H groups in total. The third-order valence-corrected chi connectivity index (χ3v) is 4.47. The van der Waals surface area contributed by atoms with Crippen molar-refractivity contribution in [3.05, 3.63) is 22.3 Å². The van der Waals surface area contributed by atoms with Crippen LogP contribution in [0.1, 0.15) is 39.2 Å². The molecule has 0 spiro atoms. The van der Waals surface area contributed by atoms with Gasteiger partial charge in [0, 0.05) is 23.8 Å². The molecule has 0 aromatic carbocycles. The summed E-state index contributed by atoms with van der Waals surface area (Å²) in [5.74, 6) is 2.00. The highest BCUT2D eigenvalue weighted by Gasteiger charge is 2.29. The smallest absolute Gasteiger partial charge is 0.131 e. The molecule has 2 nitrogen and oxygen atoms in total. The first-order chi connectivity index (χ1) is 8.38. The molecule has 0 amide bonds. The van der Waals surface area contributed by atoms with Crippen LogP contribution in [0.25, 0.3) is 0 Å². The van der Waals surface area contributed by atoms with Crippen LogP contribution in [-0.4, -0.2) is 18.1 Å². The lowest BCUT2D eigenvalue weighted by Crippen LogP contribution is -2.38. The van der Waals surface area contributed by atoms with Gasteiger partial charge in [0.1, 0.15) is 5.82 Å². The maximum Gasteiger partial charge on any atom is 0.131 e. The number of aromatic nitrogens is 1. The number of rotatable bonds is 1. The number of halogens is 1. The monoisotopic (exact) mass is 310 g/mol. The van der Waals surface area contributed by atoms with Gasteiger partial charge in [0.15, 0.2) is 0 Å². The van der Waals surface area contributed by atoms with Gasteiger partial charge in [0.25, 0.3) is 0 Å².